The zero-order chi connectivity index (χ0) is 14.5. The van der Waals surface area contributed by atoms with Gasteiger partial charge in [0.1, 0.15) is 0 Å². The number of nitrogens with two attached hydrogens (primary N) is 1. The number of nitrogens with one attached hydrogen (secondary N) is 1. The number of hydrogen-bond acceptors (Lipinski definition) is 6. The van der Waals surface area contributed by atoms with Crippen LogP contribution in [-0.4, -0.2) is 23.3 Å². The van der Waals surface area contributed by atoms with Gasteiger partial charge in [-0.1, -0.05) is 11.6 Å². The highest BCUT2D eigenvalue weighted by molar-refractivity contribution is 6.34. The zero-order valence-corrected chi connectivity index (χ0v) is 11.5. The Labute approximate surface area is 120 Å². The molecule has 104 valence electrons. The van der Waals surface area contributed by atoms with E-state index in [1.54, 1.807) is 18.3 Å². The van der Waals surface area contributed by atoms with Gasteiger partial charge in [-0.05, 0) is 24.3 Å². The first-order valence-electron chi connectivity index (χ1n) is 5.79. The normalized spacial score (nSPS) is 10.1. The number of methoxy groups -OCH3 is 1. The summed E-state index contributed by atoms with van der Waals surface area (Å²) in [7, 11) is 1.30. The number of anilines is 2. The number of rotatable bonds is 4. The number of nitrogen functional groups attached to an aromatic ring is 1. The lowest BCUT2D eigenvalue weighted by Gasteiger charge is -2.13. The van der Waals surface area contributed by atoms with Crippen molar-refractivity contribution < 1.29 is 9.53 Å². The molecule has 0 saturated heterocycles. The molecule has 1 aromatic heterocycles. The van der Waals surface area contributed by atoms with Crippen LogP contribution in [0.15, 0.2) is 30.5 Å². The lowest BCUT2D eigenvalue weighted by Crippen LogP contribution is -2.10. The van der Waals surface area contributed by atoms with Crippen molar-refractivity contribution in [3.05, 3.63) is 46.7 Å². The predicted molar refractivity (Wildman–Crippen MR) is 76.6 cm³/mol. The molecule has 20 heavy (non-hydrogen) atoms. The molecule has 1 heterocycles. The molecule has 0 fully saturated rings. The second-order valence-electron chi connectivity index (χ2n) is 3.99. The van der Waals surface area contributed by atoms with E-state index in [-0.39, 0.29) is 5.56 Å². The highest BCUT2D eigenvalue weighted by Gasteiger charge is 2.16. The lowest BCUT2D eigenvalue weighted by atomic mass is 10.1. The standard InChI is InChI=1S/C13H13ClN4O2/c1-20-13(19)10-5-8(15)6-11(14)12(10)16-7-9-3-2-4-17-18-9/h2-6,16H,7,15H2,1H3. The number of carbonyl (C=O) groups excluding carboxylic acids is 1. The fourth-order valence-electron chi connectivity index (χ4n) is 1.68. The zero-order valence-electron chi connectivity index (χ0n) is 10.8. The van der Waals surface area contributed by atoms with E-state index in [4.69, 9.17) is 22.1 Å². The number of nitrogens with zero attached hydrogens (tertiary/aromatic N) is 2. The van der Waals surface area contributed by atoms with Crippen LogP contribution >= 0.6 is 11.6 Å². The van der Waals surface area contributed by atoms with E-state index in [9.17, 15) is 4.79 Å². The number of benzene rings is 1. The molecule has 2 rings (SSSR count). The van der Waals surface area contributed by atoms with E-state index in [1.165, 1.54) is 13.2 Å². The number of esters is 1. The van der Waals surface area contributed by atoms with Gasteiger partial charge in [0, 0.05) is 11.9 Å². The Morgan fingerprint density at radius 3 is 2.95 bits per heavy atom. The van der Waals surface area contributed by atoms with Crippen molar-refractivity contribution >= 4 is 28.9 Å². The van der Waals surface area contributed by atoms with E-state index in [2.05, 4.69) is 15.5 Å². The van der Waals surface area contributed by atoms with Gasteiger partial charge in [0.2, 0.25) is 0 Å². The maximum absolute atomic E-state index is 11.7. The average Bonchev–Trinajstić information content (AvgIpc) is 2.46. The van der Waals surface area contributed by atoms with Crippen LogP contribution in [0.25, 0.3) is 0 Å². The SMILES string of the molecule is COC(=O)c1cc(N)cc(Cl)c1NCc1cccnn1. The molecule has 0 aliphatic heterocycles. The third kappa shape index (κ3) is 3.16. The Bertz CT molecular complexity index is 619. The molecule has 0 atom stereocenters. The van der Waals surface area contributed by atoms with Crippen molar-refractivity contribution in [3.8, 4) is 0 Å². The molecule has 0 radical (unpaired) electrons. The summed E-state index contributed by atoms with van der Waals surface area (Å²) in [6, 6.07) is 6.66. The number of hydrogen-bond donors (Lipinski definition) is 2. The number of halogens is 1. The molecule has 0 bridgehead atoms. The third-order valence-corrected chi connectivity index (χ3v) is 2.89. The summed E-state index contributed by atoms with van der Waals surface area (Å²) in [5, 5.41) is 11.1. The molecule has 7 heteroatoms. The van der Waals surface area contributed by atoms with Crippen LogP contribution in [-0.2, 0) is 11.3 Å². The van der Waals surface area contributed by atoms with Gasteiger partial charge in [0.05, 0.1) is 35.6 Å². The first kappa shape index (κ1) is 14.1. The Kier molecular flexibility index (Phi) is 4.37. The summed E-state index contributed by atoms with van der Waals surface area (Å²) >= 11 is 6.12. The summed E-state index contributed by atoms with van der Waals surface area (Å²) < 4.78 is 4.72. The number of aromatic nitrogens is 2. The second-order valence-corrected chi connectivity index (χ2v) is 4.39. The minimum atomic E-state index is -0.513. The van der Waals surface area contributed by atoms with Crippen molar-refractivity contribution in [3.63, 3.8) is 0 Å². The van der Waals surface area contributed by atoms with Gasteiger partial charge >= 0.3 is 5.97 Å². The van der Waals surface area contributed by atoms with E-state index in [1.807, 2.05) is 6.07 Å². The van der Waals surface area contributed by atoms with Gasteiger partial charge in [0.25, 0.3) is 0 Å². The Hall–Kier alpha value is -2.34. The summed E-state index contributed by atoms with van der Waals surface area (Å²) in [6.07, 6.45) is 1.58. The highest BCUT2D eigenvalue weighted by atomic mass is 35.5. The molecule has 3 N–H and O–H groups in total. The summed E-state index contributed by atoms with van der Waals surface area (Å²) in [4.78, 5) is 11.7. The molecule has 0 amide bonds. The molecular weight excluding hydrogens is 280 g/mol. The molecule has 2 aromatic rings. The first-order valence-corrected chi connectivity index (χ1v) is 6.17. The van der Waals surface area contributed by atoms with Crippen LogP contribution in [0.2, 0.25) is 5.02 Å². The van der Waals surface area contributed by atoms with Crippen molar-refractivity contribution in [1.82, 2.24) is 10.2 Å². The van der Waals surface area contributed by atoms with Crippen LogP contribution in [0.5, 0.6) is 0 Å². The van der Waals surface area contributed by atoms with Crippen LogP contribution in [0.1, 0.15) is 16.1 Å². The van der Waals surface area contributed by atoms with E-state index < -0.39 is 5.97 Å². The van der Waals surface area contributed by atoms with Crippen LogP contribution in [0.3, 0.4) is 0 Å². The molecule has 6 nitrogen and oxygen atoms in total. The van der Waals surface area contributed by atoms with Crippen molar-refractivity contribution in [2.24, 2.45) is 0 Å². The number of carbonyl (C=O) groups is 1. The Balaban J connectivity index is 2.28. The maximum Gasteiger partial charge on any atom is 0.340 e. The van der Waals surface area contributed by atoms with Crippen molar-refractivity contribution in [2.45, 2.75) is 6.54 Å². The van der Waals surface area contributed by atoms with Crippen molar-refractivity contribution in [2.75, 3.05) is 18.2 Å². The summed E-state index contributed by atoms with van der Waals surface area (Å²) in [6.45, 7) is 0.376. The fraction of sp³-hybridized carbons (Fsp3) is 0.154. The predicted octanol–water partition coefficient (Wildman–Crippen LogP) is 2.11. The molecule has 0 unspecified atom stereocenters. The monoisotopic (exact) mass is 292 g/mol. The van der Waals surface area contributed by atoms with Gasteiger partial charge in [0.15, 0.2) is 0 Å². The average molecular weight is 293 g/mol. The Morgan fingerprint density at radius 2 is 2.30 bits per heavy atom. The van der Waals surface area contributed by atoms with Crippen LogP contribution < -0.4 is 11.1 Å². The highest BCUT2D eigenvalue weighted by Crippen LogP contribution is 2.30. The van der Waals surface area contributed by atoms with Crippen LogP contribution in [0.4, 0.5) is 11.4 Å². The fourth-order valence-corrected chi connectivity index (χ4v) is 1.98. The largest absolute Gasteiger partial charge is 0.465 e. The van der Waals surface area contributed by atoms with E-state index >= 15 is 0 Å². The number of ether oxygens (including phenoxy) is 1. The van der Waals surface area contributed by atoms with E-state index in [0.29, 0.717) is 22.9 Å². The van der Waals surface area contributed by atoms with Crippen molar-refractivity contribution in [1.29, 1.82) is 0 Å². The summed E-state index contributed by atoms with van der Waals surface area (Å²) in [5.41, 5.74) is 7.53. The lowest BCUT2D eigenvalue weighted by molar-refractivity contribution is 0.0602. The molecule has 1 aromatic carbocycles. The first-order chi connectivity index (χ1) is 9.61. The van der Waals surface area contributed by atoms with Gasteiger partial charge in [-0.3, -0.25) is 0 Å². The summed E-state index contributed by atoms with van der Waals surface area (Å²) in [5.74, 6) is -0.513. The van der Waals surface area contributed by atoms with E-state index in [0.717, 1.165) is 5.69 Å². The minimum Gasteiger partial charge on any atom is -0.465 e. The van der Waals surface area contributed by atoms with Gasteiger partial charge in [-0.25, -0.2) is 4.79 Å². The molecular formula is C13H13ClN4O2. The molecule has 0 aliphatic carbocycles. The minimum absolute atomic E-state index is 0.279. The van der Waals surface area contributed by atoms with Gasteiger partial charge in [-0.2, -0.15) is 10.2 Å². The molecule has 0 aliphatic rings. The van der Waals surface area contributed by atoms with Crippen LogP contribution in [0, 0.1) is 0 Å². The molecule has 0 spiro atoms. The van der Waals surface area contributed by atoms with Gasteiger partial charge < -0.3 is 15.8 Å². The molecule has 0 saturated carbocycles. The topological polar surface area (TPSA) is 90.1 Å². The maximum atomic E-state index is 11.7. The Morgan fingerprint density at radius 1 is 1.50 bits per heavy atom. The van der Waals surface area contributed by atoms with Gasteiger partial charge in [-0.15, -0.1) is 0 Å². The third-order valence-electron chi connectivity index (χ3n) is 2.59. The second kappa shape index (κ2) is 6.21. The quantitative estimate of drug-likeness (QED) is 0.662. The smallest absolute Gasteiger partial charge is 0.340 e.